The molecular formula is C12H15ClO. The van der Waals surface area contributed by atoms with E-state index in [0.29, 0.717) is 0 Å². The molecule has 0 aliphatic rings. The summed E-state index contributed by atoms with van der Waals surface area (Å²) in [5.41, 5.74) is 3.30. The molecule has 0 heterocycles. The smallest absolute Gasteiger partial charge is 0.0644 e. The van der Waals surface area contributed by atoms with Crippen LogP contribution in [-0.2, 0) is 0 Å². The third-order valence-corrected chi connectivity index (χ3v) is 2.48. The second-order valence-corrected chi connectivity index (χ2v) is 3.75. The van der Waals surface area contributed by atoms with Crippen molar-refractivity contribution < 1.29 is 5.11 Å². The van der Waals surface area contributed by atoms with Crippen molar-refractivity contribution in [2.24, 2.45) is 0 Å². The van der Waals surface area contributed by atoms with Crippen molar-refractivity contribution in [1.82, 2.24) is 0 Å². The second kappa shape index (κ2) is 5.18. The molecule has 0 amide bonds. The van der Waals surface area contributed by atoms with Crippen LogP contribution in [0.5, 0.6) is 0 Å². The lowest BCUT2D eigenvalue weighted by molar-refractivity contribution is 0.329. The third kappa shape index (κ3) is 2.86. The van der Waals surface area contributed by atoms with Crippen LogP contribution in [0.1, 0.15) is 24.5 Å². The van der Waals surface area contributed by atoms with Crippen LogP contribution in [-0.4, -0.2) is 11.7 Å². The van der Waals surface area contributed by atoms with E-state index in [1.54, 1.807) is 0 Å². The summed E-state index contributed by atoms with van der Waals surface area (Å²) in [5, 5.41) is 9.79. The Kier molecular flexibility index (Phi) is 4.18. The highest BCUT2D eigenvalue weighted by Crippen LogP contribution is 2.18. The Labute approximate surface area is 90.0 Å². The maximum Gasteiger partial charge on any atom is 0.0644 e. The zero-order chi connectivity index (χ0) is 10.6. The summed E-state index contributed by atoms with van der Waals surface area (Å²) in [6, 6.07) is 5.77. The molecule has 1 nitrogen and oxygen atoms in total. The number of benzene rings is 1. The molecule has 76 valence electrons. The van der Waals surface area contributed by atoms with Crippen LogP contribution in [0.4, 0.5) is 0 Å². The van der Waals surface area contributed by atoms with Crippen LogP contribution in [0, 0.1) is 6.92 Å². The highest BCUT2D eigenvalue weighted by Gasteiger charge is 1.98. The molecule has 2 heteroatoms. The van der Waals surface area contributed by atoms with E-state index >= 15 is 0 Å². The van der Waals surface area contributed by atoms with Crippen LogP contribution in [0.15, 0.2) is 23.8 Å². The van der Waals surface area contributed by atoms with Crippen molar-refractivity contribution in [1.29, 1.82) is 0 Å². The summed E-state index contributed by atoms with van der Waals surface area (Å²) in [5.74, 6) is 0. The van der Waals surface area contributed by atoms with Crippen molar-refractivity contribution in [3.8, 4) is 0 Å². The largest absolute Gasteiger partial charge is 0.392 e. The van der Waals surface area contributed by atoms with Crippen molar-refractivity contribution in [2.75, 3.05) is 6.61 Å². The number of aryl methyl sites for hydroxylation is 1. The zero-order valence-electron chi connectivity index (χ0n) is 8.55. The summed E-state index contributed by atoms with van der Waals surface area (Å²) in [6.07, 6.45) is 2.89. The van der Waals surface area contributed by atoms with Crippen LogP contribution in [0.25, 0.3) is 6.08 Å². The van der Waals surface area contributed by atoms with Crippen LogP contribution in [0.2, 0.25) is 5.02 Å². The quantitative estimate of drug-likeness (QED) is 0.811. The predicted octanol–water partition coefficient (Wildman–Crippen LogP) is 3.43. The minimum absolute atomic E-state index is 0.124. The fourth-order valence-corrected chi connectivity index (χ4v) is 1.51. The van der Waals surface area contributed by atoms with E-state index in [0.717, 1.165) is 28.1 Å². The average molecular weight is 211 g/mol. The van der Waals surface area contributed by atoms with E-state index in [1.807, 2.05) is 38.1 Å². The first-order valence-corrected chi connectivity index (χ1v) is 5.11. The van der Waals surface area contributed by atoms with Gasteiger partial charge >= 0.3 is 0 Å². The minimum atomic E-state index is 0.124. The molecule has 1 N–H and O–H groups in total. The minimum Gasteiger partial charge on any atom is -0.392 e. The maximum atomic E-state index is 9.04. The van der Waals surface area contributed by atoms with Crippen molar-refractivity contribution in [2.45, 2.75) is 20.3 Å². The van der Waals surface area contributed by atoms with E-state index in [4.69, 9.17) is 16.7 Å². The third-order valence-electron chi connectivity index (χ3n) is 2.25. The summed E-state index contributed by atoms with van der Waals surface area (Å²) in [6.45, 7) is 4.17. The molecule has 14 heavy (non-hydrogen) atoms. The van der Waals surface area contributed by atoms with Crippen molar-refractivity contribution in [3.05, 3.63) is 39.9 Å². The molecule has 0 saturated carbocycles. The normalized spacial score (nSPS) is 11.9. The number of aliphatic hydroxyl groups is 1. The molecular weight excluding hydrogens is 196 g/mol. The van der Waals surface area contributed by atoms with E-state index < -0.39 is 0 Å². The summed E-state index contributed by atoms with van der Waals surface area (Å²) >= 11 is 5.85. The number of halogens is 1. The molecule has 0 aliphatic heterocycles. The molecule has 0 spiro atoms. The lowest BCUT2D eigenvalue weighted by atomic mass is 10.0. The summed E-state index contributed by atoms with van der Waals surface area (Å²) in [7, 11) is 0. The van der Waals surface area contributed by atoms with E-state index in [2.05, 4.69) is 0 Å². The van der Waals surface area contributed by atoms with Gasteiger partial charge in [-0.25, -0.2) is 0 Å². The Morgan fingerprint density at radius 3 is 2.71 bits per heavy atom. The van der Waals surface area contributed by atoms with Gasteiger partial charge in [-0.2, -0.15) is 0 Å². The lowest BCUT2D eigenvalue weighted by Crippen LogP contribution is -1.89. The average Bonchev–Trinajstić information content (AvgIpc) is 2.17. The van der Waals surface area contributed by atoms with Gasteiger partial charge in [0, 0.05) is 5.02 Å². The van der Waals surface area contributed by atoms with Crippen molar-refractivity contribution in [3.63, 3.8) is 0 Å². The Bertz CT molecular complexity index is 336. The number of rotatable bonds is 3. The highest BCUT2D eigenvalue weighted by molar-refractivity contribution is 6.30. The number of hydrogen-bond donors (Lipinski definition) is 1. The fraction of sp³-hybridized carbons (Fsp3) is 0.333. The standard InChI is InChI=1S/C12H15ClO/c1-3-10(8-14)7-11-4-5-12(13)6-9(11)2/h4-7,14H,3,8H2,1-2H3/b10-7-. The monoisotopic (exact) mass is 210 g/mol. The number of hydrogen-bond acceptors (Lipinski definition) is 1. The molecule has 0 saturated heterocycles. The van der Waals surface area contributed by atoms with Gasteiger partial charge in [-0.05, 0) is 42.2 Å². The van der Waals surface area contributed by atoms with Crippen LogP contribution >= 0.6 is 11.6 Å². The Morgan fingerprint density at radius 1 is 1.50 bits per heavy atom. The predicted molar refractivity (Wildman–Crippen MR) is 61.5 cm³/mol. The topological polar surface area (TPSA) is 20.2 Å². The van der Waals surface area contributed by atoms with E-state index in [9.17, 15) is 0 Å². The molecule has 1 rings (SSSR count). The van der Waals surface area contributed by atoms with Crippen LogP contribution in [0.3, 0.4) is 0 Å². The molecule has 0 unspecified atom stereocenters. The van der Waals surface area contributed by atoms with E-state index in [-0.39, 0.29) is 6.61 Å². The van der Waals surface area contributed by atoms with Gasteiger partial charge in [-0.15, -0.1) is 0 Å². The molecule has 0 atom stereocenters. The first-order chi connectivity index (χ1) is 6.67. The maximum absolute atomic E-state index is 9.04. The first kappa shape index (κ1) is 11.3. The van der Waals surface area contributed by atoms with Gasteiger partial charge < -0.3 is 5.11 Å². The van der Waals surface area contributed by atoms with Gasteiger partial charge in [0.15, 0.2) is 0 Å². The van der Waals surface area contributed by atoms with Gasteiger partial charge in [0.25, 0.3) is 0 Å². The first-order valence-electron chi connectivity index (χ1n) is 4.73. The van der Waals surface area contributed by atoms with Gasteiger partial charge in [0.2, 0.25) is 0 Å². The molecule has 0 aromatic heterocycles. The highest BCUT2D eigenvalue weighted by atomic mass is 35.5. The van der Waals surface area contributed by atoms with E-state index in [1.165, 1.54) is 0 Å². The molecule has 1 aromatic carbocycles. The Morgan fingerprint density at radius 2 is 2.21 bits per heavy atom. The summed E-state index contributed by atoms with van der Waals surface area (Å²) in [4.78, 5) is 0. The lowest BCUT2D eigenvalue weighted by Gasteiger charge is -2.04. The van der Waals surface area contributed by atoms with Gasteiger partial charge in [0.1, 0.15) is 0 Å². The van der Waals surface area contributed by atoms with Crippen molar-refractivity contribution >= 4 is 17.7 Å². The fourth-order valence-electron chi connectivity index (χ4n) is 1.28. The SMILES string of the molecule is CC/C(=C/c1ccc(Cl)cc1C)CO. The second-order valence-electron chi connectivity index (χ2n) is 3.32. The molecule has 0 radical (unpaired) electrons. The zero-order valence-corrected chi connectivity index (χ0v) is 9.30. The molecule has 0 fully saturated rings. The van der Waals surface area contributed by atoms with Gasteiger partial charge in [0.05, 0.1) is 6.61 Å². The number of aliphatic hydroxyl groups excluding tert-OH is 1. The summed E-state index contributed by atoms with van der Waals surface area (Å²) < 4.78 is 0. The Hall–Kier alpha value is -0.790. The Balaban J connectivity index is 3.02. The van der Waals surface area contributed by atoms with Crippen LogP contribution < -0.4 is 0 Å². The van der Waals surface area contributed by atoms with Gasteiger partial charge in [-0.1, -0.05) is 30.7 Å². The molecule has 1 aromatic rings. The molecule has 0 aliphatic carbocycles. The molecule has 0 bridgehead atoms. The van der Waals surface area contributed by atoms with Gasteiger partial charge in [-0.3, -0.25) is 0 Å².